The third kappa shape index (κ3) is 2.74. The van der Waals surface area contributed by atoms with Gasteiger partial charge in [-0.05, 0) is 12.1 Å². The van der Waals surface area contributed by atoms with Crippen molar-refractivity contribution in [3.8, 4) is 11.4 Å². The van der Waals surface area contributed by atoms with E-state index in [0.717, 1.165) is 15.9 Å². The van der Waals surface area contributed by atoms with Crippen LogP contribution in [0.25, 0.3) is 11.4 Å². The van der Waals surface area contributed by atoms with Crippen LogP contribution >= 0.6 is 15.9 Å². The van der Waals surface area contributed by atoms with Gasteiger partial charge in [0.2, 0.25) is 0 Å². The van der Waals surface area contributed by atoms with Gasteiger partial charge in [-0.1, -0.05) is 28.1 Å². The topological polar surface area (TPSA) is 44.1 Å². The molecule has 0 N–H and O–H groups in total. The highest BCUT2D eigenvalue weighted by Gasteiger charge is 2.09. The Morgan fingerprint density at radius 1 is 1.53 bits per heavy atom. The summed E-state index contributed by atoms with van der Waals surface area (Å²) in [6.45, 7) is 0.165. The van der Waals surface area contributed by atoms with Crippen molar-refractivity contribution < 1.29 is 9.53 Å². The molecule has 0 aliphatic rings. The first kappa shape index (κ1) is 11.9. The van der Waals surface area contributed by atoms with E-state index in [2.05, 4.69) is 25.7 Å². The number of nitrogens with zero attached hydrogens (tertiary/aromatic N) is 2. The van der Waals surface area contributed by atoms with Crippen LogP contribution in [0, 0.1) is 0 Å². The van der Waals surface area contributed by atoms with Crippen LogP contribution in [0.15, 0.2) is 41.1 Å². The van der Waals surface area contributed by atoms with Crippen molar-refractivity contribution in [3.63, 3.8) is 0 Å². The number of hydrogen-bond acceptors (Lipinski definition) is 3. The number of carbonyl (C=O) groups is 1. The lowest BCUT2D eigenvalue weighted by molar-refractivity contribution is -0.141. The highest BCUT2D eigenvalue weighted by atomic mass is 79.9. The van der Waals surface area contributed by atoms with Gasteiger partial charge >= 0.3 is 5.97 Å². The molecule has 1 heterocycles. The molecule has 0 bridgehead atoms. The van der Waals surface area contributed by atoms with Crippen LogP contribution in [-0.4, -0.2) is 22.6 Å². The average Bonchev–Trinajstić information content (AvgIpc) is 2.77. The summed E-state index contributed by atoms with van der Waals surface area (Å²) < 4.78 is 7.37. The fourth-order valence-corrected chi connectivity index (χ4v) is 1.93. The largest absolute Gasteiger partial charge is 0.468 e. The number of benzene rings is 1. The van der Waals surface area contributed by atoms with Gasteiger partial charge in [0, 0.05) is 22.4 Å². The van der Waals surface area contributed by atoms with E-state index in [1.54, 1.807) is 17.0 Å². The Labute approximate surface area is 107 Å². The number of rotatable bonds is 3. The average molecular weight is 295 g/mol. The van der Waals surface area contributed by atoms with Crippen LogP contribution < -0.4 is 0 Å². The predicted octanol–water partition coefficient (Wildman–Crippen LogP) is 2.49. The lowest BCUT2D eigenvalue weighted by Crippen LogP contribution is -2.11. The molecule has 0 aliphatic heterocycles. The smallest absolute Gasteiger partial charge is 0.325 e. The first-order valence-electron chi connectivity index (χ1n) is 5.04. The van der Waals surface area contributed by atoms with Gasteiger partial charge < -0.3 is 9.30 Å². The summed E-state index contributed by atoms with van der Waals surface area (Å²) in [7, 11) is 1.37. The number of hydrogen-bond donors (Lipinski definition) is 0. The molecule has 0 saturated heterocycles. The highest BCUT2D eigenvalue weighted by Crippen LogP contribution is 2.21. The molecule has 0 unspecified atom stereocenters. The molecule has 2 aromatic rings. The molecule has 1 aromatic carbocycles. The molecule has 0 fully saturated rings. The molecule has 0 aliphatic carbocycles. The van der Waals surface area contributed by atoms with Crippen LogP contribution in [-0.2, 0) is 16.1 Å². The van der Waals surface area contributed by atoms with Crippen LogP contribution in [0.4, 0.5) is 0 Å². The fourth-order valence-electron chi connectivity index (χ4n) is 1.53. The van der Waals surface area contributed by atoms with E-state index < -0.39 is 0 Å². The van der Waals surface area contributed by atoms with Gasteiger partial charge in [-0.2, -0.15) is 0 Å². The zero-order valence-electron chi connectivity index (χ0n) is 9.26. The Bertz CT molecular complexity index is 537. The van der Waals surface area contributed by atoms with Crippen LogP contribution in [0.3, 0.4) is 0 Å². The lowest BCUT2D eigenvalue weighted by Gasteiger charge is -2.06. The molecule has 0 atom stereocenters. The van der Waals surface area contributed by atoms with Crippen molar-refractivity contribution in [1.82, 2.24) is 9.55 Å². The molecule has 1 aromatic heterocycles. The second-order valence-electron chi connectivity index (χ2n) is 3.47. The SMILES string of the molecule is COC(=O)Cn1ccnc1-c1cccc(Br)c1. The monoisotopic (exact) mass is 294 g/mol. The minimum atomic E-state index is -0.292. The number of halogens is 1. The van der Waals surface area contributed by atoms with Crippen LogP contribution in [0.5, 0.6) is 0 Å². The molecule has 0 spiro atoms. The van der Waals surface area contributed by atoms with Crippen molar-refractivity contribution in [2.24, 2.45) is 0 Å². The van der Waals surface area contributed by atoms with Gasteiger partial charge in [0.05, 0.1) is 7.11 Å². The molecule has 4 nitrogen and oxygen atoms in total. The molecular formula is C12H11BrN2O2. The van der Waals surface area contributed by atoms with Crippen molar-refractivity contribution in [2.75, 3.05) is 7.11 Å². The number of ether oxygens (including phenoxy) is 1. The molecule has 2 rings (SSSR count). The third-order valence-corrected chi connectivity index (χ3v) is 2.82. The van der Waals surface area contributed by atoms with E-state index in [1.165, 1.54) is 7.11 Å². The van der Waals surface area contributed by atoms with Gasteiger partial charge in [0.25, 0.3) is 0 Å². The summed E-state index contributed by atoms with van der Waals surface area (Å²) in [5.41, 5.74) is 0.952. The Kier molecular flexibility index (Phi) is 3.58. The Morgan fingerprint density at radius 2 is 2.35 bits per heavy atom. The molecule has 0 radical (unpaired) electrons. The van der Waals surface area contributed by atoms with Crippen molar-refractivity contribution in [3.05, 3.63) is 41.1 Å². The summed E-state index contributed by atoms with van der Waals surface area (Å²) in [5.74, 6) is 0.455. The maximum Gasteiger partial charge on any atom is 0.325 e. The Morgan fingerprint density at radius 3 is 3.06 bits per heavy atom. The molecular weight excluding hydrogens is 284 g/mol. The van der Waals surface area contributed by atoms with Gasteiger partial charge in [-0.25, -0.2) is 4.98 Å². The van der Waals surface area contributed by atoms with Gasteiger partial charge in [0.1, 0.15) is 12.4 Å². The molecule has 88 valence electrons. The lowest BCUT2D eigenvalue weighted by atomic mass is 10.2. The summed E-state index contributed by atoms with van der Waals surface area (Å²) in [6, 6.07) is 7.77. The predicted molar refractivity (Wildman–Crippen MR) is 67.4 cm³/mol. The minimum Gasteiger partial charge on any atom is -0.468 e. The summed E-state index contributed by atoms with van der Waals surface area (Å²) in [5, 5.41) is 0. The second-order valence-corrected chi connectivity index (χ2v) is 4.38. The van der Waals surface area contributed by atoms with Gasteiger partial charge in [-0.15, -0.1) is 0 Å². The highest BCUT2D eigenvalue weighted by molar-refractivity contribution is 9.10. The van der Waals surface area contributed by atoms with Crippen molar-refractivity contribution in [1.29, 1.82) is 0 Å². The maximum absolute atomic E-state index is 11.2. The van der Waals surface area contributed by atoms with E-state index in [0.29, 0.717) is 0 Å². The number of carbonyl (C=O) groups excluding carboxylic acids is 1. The van der Waals surface area contributed by atoms with Gasteiger partial charge in [0.15, 0.2) is 0 Å². The number of aromatic nitrogens is 2. The Balaban J connectivity index is 2.33. The second kappa shape index (κ2) is 5.14. The van der Waals surface area contributed by atoms with E-state index in [9.17, 15) is 4.79 Å². The molecule has 5 heteroatoms. The van der Waals surface area contributed by atoms with Crippen LogP contribution in [0.1, 0.15) is 0 Å². The third-order valence-electron chi connectivity index (χ3n) is 2.33. The van der Waals surface area contributed by atoms with E-state index >= 15 is 0 Å². The number of imidazole rings is 1. The minimum absolute atomic E-state index is 0.165. The van der Waals surface area contributed by atoms with E-state index in [4.69, 9.17) is 0 Å². The van der Waals surface area contributed by atoms with Crippen molar-refractivity contribution in [2.45, 2.75) is 6.54 Å². The van der Waals surface area contributed by atoms with E-state index in [1.807, 2.05) is 24.3 Å². The first-order chi connectivity index (χ1) is 8.20. The summed E-state index contributed by atoms with van der Waals surface area (Å²) >= 11 is 3.41. The van der Waals surface area contributed by atoms with E-state index in [-0.39, 0.29) is 12.5 Å². The normalized spacial score (nSPS) is 10.2. The maximum atomic E-state index is 11.2. The summed E-state index contributed by atoms with van der Waals surface area (Å²) in [6.07, 6.45) is 3.42. The molecule has 17 heavy (non-hydrogen) atoms. The molecule has 0 amide bonds. The Hall–Kier alpha value is -1.62. The zero-order chi connectivity index (χ0) is 12.3. The standard InChI is InChI=1S/C12H11BrN2O2/c1-17-11(16)8-15-6-5-14-12(15)9-3-2-4-10(13)7-9/h2-7H,8H2,1H3. The fraction of sp³-hybridized carbons (Fsp3) is 0.167. The number of methoxy groups -OCH3 is 1. The quantitative estimate of drug-likeness (QED) is 0.817. The number of esters is 1. The zero-order valence-corrected chi connectivity index (χ0v) is 10.8. The van der Waals surface area contributed by atoms with Crippen molar-refractivity contribution >= 4 is 21.9 Å². The molecule has 0 saturated carbocycles. The first-order valence-corrected chi connectivity index (χ1v) is 5.84. The van der Waals surface area contributed by atoms with Crippen LogP contribution in [0.2, 0.25) is 0 Å². The van der Waals surface area contributed by atoms with Gasteiger partial charge in [-0.3, -0.25) is 4.79 Å². The summed E-state index contributed by atoms with van der Waals surface area (Å²) in [4.78, 5) is 15.5.